The average molecular weight is 187 g/mol. The molecule has 0 saturated carbocycles. The Morgan fingerprint density at radius 1 is 1.50 bits per heavy atom. The predicted octanol–water partition coefficient (Wildman–Crippen LogP) is 1.95. The van der Waals surface area contributed by atoms with Gasteiger partial charge in [0.1, 0.15) is 0 Å². The van der Waals surface area contributed by atoms with Crippen molar-refractivity contribution in [3.63, 3.8) is 0 Å². The van der Waals surface area contributed by atoms with Crippen molar-refractivity contribution < 1.29 is 14.9 Å². The molecule has 12 heavy (non-hydrogen) atoms. The maximum absolute atomic E-state index is 10.4. The number of rotatable bonds is 2. The van der Waals surface area contributed by atoms with Crippen LogP contribution < -0.4 is 0 Å². The van der Waals surface area contributed by atoms with E-state index >= 15 is 0 Å². The van der Waals surface area contributed by atoms with Crippen molar-refractivity contribution in [1.82, 2.24) is 0 Å². The summed E-state index contributed by atoms with van der Waals surface area (Å²) in [5, 5.41) is 8.84. The summed E-state index contributed by atoms with van der Waals surface area (Å²) in [7, 11) is 0. The molecule has 0 saturated heterocycles. The molecule has 1 aromatic carbocycles. The summed E-state index contributed by atoms with van der Waals surface area (Å²) in [5.41, 5.74) is -0.0607. The van der Waals surface area contributed by atoms with E-state index < -0.39 is 0 Å². The minimum absolute atomic E-state index is 0.0556. The van der Waals surface area contributed by atoms with Crippen molar-refractivity contribution in [2.75, 3.05) is 0 Å². The van der Waals surface area contributed by atoms with Gasteiger partial charge in [-0.1, -0.05) is 11.6 Å². The number of carbonyl (C=O) groups is 1. The molecule has 0 aliphatic carbocycles. The average Bonchev–Trinajstić information content (AvgIpc) is 2.03. The van der Waals surface area contributed by atoms with Crippen LogP contribution in [0.15, 0.2) is 18.2 Å². The molecule has 0 atom stereocenters. The van der Waals surface area contributed by atoms with Crippen molar-refractivity contribution in [3.05, 3.63) is 33.7 Å². The van der Waals surface area contributed by atoms with Crippen molar-refractivity contribution >= 4 is 23.6 Å². The quantitative estimate of drug-likeness (QED) is 0.567. The Kier molecular flexibility index (Phi) is 2.40. The first kappa shape index (κ1) is 8.67. The molecule has 0 radical (unpaired) electrons. The third-order valence-electron chi connectivity index (χ3n) is 1.32. The monoisotopic (exact) mass is 186 g/mol. The zero-order chi connectivity index (χ0) is 9.14. The summed E-state index contributed by atoms with van der Waals surface area (Å²) in [6.45, 7) is 0. The lowest BCUT2D eigenvalue weighted by atomic mass is 10.2. The van der Waals surface area contributed by atoms with Crippen LogP contribution in [0.25, 0.3) is 0 Å². The molecule has 1 N–H and O–H groups in total. The highest BCUT2D eigenvalue weighted by atomic mass is 35.5. The zero-order valence-electron chi connectivity index (χ0n) is 5.90. The van der Waals surface area contributed by atoms with Crippen molar-refractivity contribution in [1.29, 1.82) is 0 Å². The first-order chi connectivity index (χ1) is 5.65. The summed E-state index contributed by atoms with van der Waals surface area (Å²) in [6.07, 6.45) is 0.447. The van der Waals surface area contributed by atoms with Gasteiger partial charge < -0.3 is 0 Å². The number of nitrogens with zero attached hydrogens (tertiary/aromatic N) is 1. The fourth-order valence-electron chi connectivity index (χ4n) is 0.794. The maximum Gasteiger partial charge on any atom is 0.327 e. The van der Waals surface area contributed by atoms with Gasteiger partial charge in [-0.25, -0.2) is 5.21 Å². The van der Waals surface area contributed by atoms with Crippen LogP contribution >= 0.6 is 11.6 Å². The molecular formula is C7H5ClNO3+. The molecule has 1 aromatic rings. The largest absolute Gasteiger partial charge is 0.327 e. The van der Waals surface area contributed by atoms with Gasteiger partial charge in [0, 0.05) is 11.1 Å². The van der Waals surface area contributed by atoms with Crippen molar-refractivity contribution in [3.8, 4) is 0 Å². The molecular weight excluding hydrogens is 182 g/mol. The van der Waals surface area contributed by atoms with Crippen molar-refractivity contribution in [2.45, 2.75) is 0 Å². The van der Waals surface area contributed by atoms with Crippen LogP contribution in [0, 0.1) is 4.91 Å². The SMILES string of the molecule is O=Cc1cc(Cl)ccc1[N+](=O)O. The smallest absolute Gasteiger partial charge is 0.298 e. The van der Waals surface area contributed by atoms with Gasteiger partial charge in [-0.05, 0) is 12.1 Å². The Bertz CT molecular complexity index is 337. The minimum atomic E-state index is -0.375. The number of hydrogen-bond donors (Lipinski definition) is 1. The highest BCUT2D eigenvalue weighted by Crippen LogP contribution is 2.20. The van der Waals surface area contributed by atoms with Crippen LogP contribution in [0.4, 0.5) is 5.69 Å². The molecule has 0 aliphatic heterocycles. The highest BCUT2D eigenvalue weighted by Gasteiger charge is 2.17. The summed E-state index contributed by atoms with van der Waals surface area (Å²) in [4.78, 5) is 20.4. The molecule has 0 bridgehead atoms. The van der Waals surface area contributed by atoms with Gasteiger partial charge in [-0.2, -0.15) is 0 Å². The number of carbonyl (C=O) groups excluding carboxylic acids is 1. The fourth-order valence-corrected chi connectivity index (χ4v) is 0.975. The van der Waals surface area contributed by atoms with Gasteiger partial charge >= 0.3 is 5.69 Å². The number of halogens is 1. The molecule has 0 spiro atoms. The molecule has 62 valence electrons. The van der Waals surface area contributed by atoms with Crippen LogP contribution in [0.1, 0.15) is 10.4 Å². The van der Waals surface area contributed by atoms with Gasteiger partial charge in [-0.15, -0.1) is 0 Å². The number of hydrogen-bond acceptors (Lipinski definition) is 2. The number of aldehydes is 1. The van der Waals surface area contributed by atoms with E-state index in [1.807, 2.05) is 0 Å². The topological polar surface area (TPSA) is 57.4 Å². The van der Waals surface area contributed by atoms with Gasteiger partial charge in [0.2, 0.25) is 0 Å². The van der Waals surface area contributed by atoms with E-state index in [0.29, 0.717) is 11.3 Å². The predicted molar refractivity (Wildman–Crippen MR) is 41.9 cm³/mol. The third-order valence-corrected chi connectivity index (χ3v) is 1.56. The summed E-state index contributed by atoms with van der Waals surface area (Å²) in [6, 6.07) is 3.97. The molecule has 0 amide bonds. The second-order valence-electron chi connectivity index (χ2n) is 2.09. The minimum Gasteiger partial charge on any atom is -0.298 e. The summed E-state index contributed by atoms with van der Waals surface area (Å²) in [5.74, 6) is 0. The number of benzene rings is 1. The van der Waals surface area contributed by atoms with E-state index in [1.54, 1.807) is 0 Å². The standard InChI is InChI=1S/C7H5ClNO3/c8-6-1-2-7(9(11)12)5(3-6)4-10/h1-4H,(H,11,12)/q+1. The van der Waals surface area contributed by atoms with Gasteiger partial charge in [0.15, 0.2) is 6.29 Å². The van der Waals surface area contributed by atoms with Crippen LogP contribution in [-0.4, -0.2) is 16.4 Å². The van der Waals surface area contributed by atoms with Crippen LogP contribution in [0.5, 0.6) is 0 Å². The Morgan fingerprint density at radius 2 is 2.17 bits per heavy atom. The molecule has 0 heterocycles. The lowest BCUT2D eigenvalue weighted by molar-refractivity contribution is -0.729. The summed E-state index contributed by atoms with van der Waals surface area (Å²) >= 11 is 5.54. The van der Waals surface area contributed by atoms with Crippen molar-refractivity contribution in [2.24, 2.45) is 0 Å². The van der Waals surface area contributed by atoms with E-state index in [9.17, 15) is 9.70 Å². The van der Waals surface area contributed by atoms with Gasteiger partial charge in [-0.3, -0.25) is 4.79 Å². The highest BCUT2D eigenvalue weighted by molar-refractivity contribution is 6.30. The first-order valence-corrected chi connectivity index (χ1v) is 3.44. The summed E-state index contributed by atoms with van der Waals surface area (Å²) < 4.78 is 0. The Morgan fingerprint density at radius 3 is 2.67 bits per heavy atom. The zero-order valence-corrected chi connectivity index (χ0v) is 6.65. The van der Waals surface area contributed by atoms with Crippen LogP contribution in [0.3, 0.4) is 0 Å². The first-order valence-electron chi connectivity index (χ1n) is 3.06. The molecule has 0 unspecified atom stereocenters. The molecule has 4 nitrogen and oxygen atoms in total. The van der Waals surface area contributed by atoms with Crippen LogP contribution in [-0.2, 0) is 0 Å². The van der Waals surface area contributed by atoms with E-state index in [0.717, 1.165) is 0 Å². The maximum atomic E-state index is 10.4. The molecule has 5 heteroatoms. The Hall–Kier alpha value is -1.42. The molecule has 0 fully saturated rings. The van der Waals surface area contributed by atoms with E-state index in [1.165, 1.54) is 18.2 Å². The molecule has 0 aromatic heterocycles. The van der Waals surface area contributed by atoms with E-state index in [4.69, 9.17) is 16.8 Å². The second kappa shape index (κ2) is 3.32. The Labute approximate surface area is 72.9 Å². The molecule has 1 rings (SSSR count). The second-order valence-corrected chi connectivity index (χ2v) is 2.53. The van der Waals surface area contributed by atoms with Gasteiger partial charge in [0.25, 0.3) is 4.92 Å². The fraction of sp³-hybridized carbons (Fsp3) is 0. The Balaban J connectivity index is 3.29. The normalized spacial score (nSPS) is 9.42. The lowest BCUT2D eigenvalue weighted by Crippen LogP contribution is -1.96. The molecule has 0 aliphatic rings. The van der Waals surface area contributed by atoms with Crippen LogP contribution in [0.2, 0.25) is 5.02 Å². The van der Waals surface area contributed by atoms with E-state index in [2.05, 4.69) is 0 Å². The lowest BCUT2D eigenvalue weighted by Gasteiger charge is -1.90. The van der Waals surface area contributed by atoms with Gasteiger partial charge in [0.05, 0.1) is 10.5 Å². The third kappa shape index (κ3) is 1.60. The van der Waals surface area contributed by atoms with E-state index in [-0.39, 0.29) is 16.2 Å².